The molecule has 0 spiro atoms. The Labute approximate surface area is 713 Å². The maximum atomic E-state index is 14.4. The Morgan fingerprint density at radius 3 is 1.64 bits per heavy atom. The number of carbonyl (C=O) groups is 11. The summed E-state index contributed by atoms with van der Waals surface area (Å²) in [5.74, 6) is -13.7. The first kappa shape index (κ1) is 93.9. The van der Waals surface area contributed by atoms with E-state index in [2.05, 4.69) is 26.0 Å². The second-order valence-corrected chi connectivity index (χ2v) is 39.6. The van der Waals surface area contributed by atoms with Gasteiger partial charge in [0.15, 0.2) is 15.6 Å². The first-order valence-electron chi connectivity index (χ1n) is 39.4. The molecule has 0 aliphatic carbocycles. The number of thioether (sulfide) groups is 2. The van der Waals surface area contributed by atoms with Crippen molar-refractivity contribution in [2.24, 2.45) is 40.2 Å². The maximum Gasteiger partial charge on any atom is 0.328 e. The number of hydrazone groups is 1. The number of likely N-dealkylation sites (N-methyl/N-ethyl adjacent to an activating group) is 1. The Balaban J connectivity index is 0.000000200. The van der Waals surface area contributed by atoms with Crippen LogP contribution in [0.25, 0.3) is 10.8 Å². The van der Waals surface area contributed by atoms with Gasteiger partial charge >= 0.3 is 29.7 Å². The molecule has 0 unspecified atom stereocenters. The summed E-state index contributed by atoms with van der Waals surface area (Å²) in [7, 11) is -0.148. The summed E-state index contributed by atoms with van der Waals surface area (Å²) in [4.78, 5) is 141. The van der Waals surface area contributed by atoms with Crippen LogP contribution >= 0.6 is 23.5 Å². The highest BCUT2D eigenvalue weighted by Crippen LogP contribution is 2.57. The zero-order valence-electron chi connectivity index (χ0n) is 70.2. The van der Waals surface area contributed by atoms with Crippen LogP contribution in [-0.2, 0) is 72.0 Å². The van der Waals surface area contributed by atoms with Gasteiger partial charge in [-0.2, -0.15) is 5.10 Å². The highest BCUT2D eigenvalue weighted by molar-refractivity contribution is 8.02. The first-order chi connectivity index (χ1) is 56.9. The Kier molecular flexibility index (Phi) is 27.8. The smallest absolute Gasteiger partial charge is 0.328 e. The molecule has 0 saturated carbocycles. The summed E-state index contributed by atoms with van der Waals surface area (Å²) in [5.41, 5.74) is 12.8. The predicted octanol–water partition coefficient (Wildman–Crippen LogP) is 4.18. The highest BCUT2D eigenvalue weighted by Gasteiger charge is 2.69. The molecular formula is C83H107N11O25S3. The monoisotopic (exact) mass is 1750 g/mol. The first-order valence-corrected chi connectivity index (χ1v) is 42.7. The normalized spacial score (nSPS) is 31.2. The number of β-lactam (4-membered cyclic amide) rings is 3. The number of aliphatic hydroxyl groups excluding tert-OH is 2. The third-order valence-electron chi connectivity index (χ3n) is 23.9. The number of rotatable bonds is 13. The lowest BCUT2D eigenvalue weighted by molar-refractivity contribution is -0.161. The lowest BCUT2D eigenvalue weighted by atomic mass is 9.78. The molecule has 122 heavy (non-hydrogen) atoms. The molecule has 14 rings (SSSR count). The van der Waals surface area contributed by atoms with Crippen LogP contribution in [0, 0.1) is 30.6 Å². The number of benzene rings is 4. The quantitative estimate of drug-likeness (QED) is 0.0293. The molecule has 36 nitrogen and oxygen atoms in total. The standard InChI is InChI=1S/C43H58N4O12.2C16H19N3O4S.C8H11NO5S/c1-21-12-11-13-22(2)42(55)45-33-28(20-44-47-17-15-46(9)16-18-47)37(52)30-31(38(33)53)36(51)26(6)40-32(30)41(54)43(8,59-40)57-19-14-29(56-10)23(3)39(58-27(7)48)25(5)35(50)24(4)34(21)49;2*1-16(2)11(15(22)23)19-13(21)10(14(19)24-16)18-12(20)9(17)8-6-4-3-5-7-8;1-8(2)6(7(11)12)9-4(10)3-5(9)15(8,13)14/h11-14,19-21,23-25,29,34-35,39,49-53H,15-18H2,1-10H3,(H,45,55);2*3-7,9-11,14H,17H2,1-2H3,(H,18,20)(H,22,23);5-6H,3H2,1-2H3,(H,11,12)/b12-11+,19-14+,22-13-,44-20-;;;/t21-,23-,24+,25+,29-,34+,35+,39+,43-;2*9-,10-,11+,14-;5-,6+/m0111/s1. The van der Waals surface area contributed by atoms with Crippen molar-refractivity contribution < 1.29 is 121 Å². The average molecular weight is 1760 g/mol. The number of Topliss-reactive ketones (excluding diaryl/α,β-unsaturated/α-hetero) is 1. The molecule has 6 amide bonds. The predicted molar refractivity (Wildman–Crippen MR) is 448 cm³/mol. The molecule has 10 aliphatic heterocycles. The summed E-state index contributed by atoms with van der Waals surface area (Å²) in [6.45, 7) is 25.0. The Bertz CT molecular complexity index is 4920. The number of piperazine rings is 1. The van der Waals surface area contributed by atoms with Crippen LogP contribution < -0.4 is 32.2 Å². The molecule has 0 aromatic heterocycles. The van der Waals surface area contributed by atoms with Crippen LogP contribution in [0.4, 0.5) is 5.69 Å². The van der Waals surface area contributed by atoms with Gasteiger partial charge in [-0.3, -0.25) is 43.4 Å². The number of anilines is 1. The van der Waals surface area contributed by atoms with Gasteiger partial charge in [0.05, 0.1) is 64.2 Å². The van der Waals surface area contributed by atoms with E-state index in [9.17, 15) is 96.9 Å². The van der Waals surface area contributed by atoms with Gasteiger partial charge in [-0.1, -0.05) is 107 Å². The van der Waals surface area contributed by atoms with E-state index >= 15 is 0 Å². The minimum atomic E-state index is -3.57. The highest BCUT2D eigenvalue weighted by atomic mass is 32.2. The number of carbonyl (C=O) groups excluding carboxylic acids is 8. The number of ketones is 1. The Morgan fingerprint density at radius 2 is 1.18 bits per heavy atom. The number of carboxylic acids is 3. The van der Waals surface area contributed by atoms with Crippen molar-refractivity contribution in [3.8, 4) is 23.0 Å². The van der Waals surface area contributed by atoms with Gasteiger partial charge in [0.25, 0.3) is 11.7 Å². The molecule has 7 fully saturated rings. The fraction of sp³-hybridized carbons (Fsp3) is 0.518. The van der Waals surface area contributed by atoms with Gasteiger partial charge in [0.1, 0.15) is 81.8 Å². The number of sulfone groups is 1. The van der Waals surface area contributed by atoms with Crippen molar-refractivity contribution in [3.05, 3.63) is 125 Å². The van der Waals surface area contributed by atoms with Crippen molar-refractivity contribution in [1.82, 2.24) is 35.2 Å². The number of aromatic hydroxyl groups is 3. The number of nitrogens with zero attached hydrogens (tertiary/aromatic N) is 6. The van der Waals surface area contributed by atoms with Gasteiger partial charge < -0.3 is 107 Å². The summed E-state index contributed by atoms with van der Waals surface area (Å²) < 4.78 is 44.7. The molecule has 7 saturated heterocycles. The number of methoxy groups -OCH3 is 1. The SMILES string of the molecule is CC1(C)S[C@@H]2[C@H](NC(=O)[C@H](N)c3ccccc3)C(=O)N2[C@H]1C(=O)O.CC1(C)S[C@@H]2[C@H](NC(=O)[C@H](N)c3ccccc3)C(=O)N2[C@H]1C(=O)O.CC1(C)[C@H](C(=O)O)N2C(=O)C[C@H]2S1(=O)=O.CO[C@H]1/C=C/O[C@@]2(C)Oc3c(C)c(O)c4c(O)c(c(/C=N\N5CCN(C)CC5)c(O)c4c3C2=O)NC(=O)/C(C)=C\C=C\[C@H](C)[C@@H](O)[C@@H](C)[C@@H](O)[C@@H](C)[C@H](OC(C)=O)[C@H]1C. The summed E-state index contributed by atoms with van der Waals surface area (Å²) in [5, 5.41) is 98.2. The van der Waals surface area contributed by atoms with Crippen LogP contribution in [0.5, 0.6) is 23.0 Å². The lowest BCUT2D eigenvalue weighted by Gasteiger charge is -2.43. The number of allylic oxidation sites excluding steroid dienone is 2. The number of nitrogens with one attached hydrogen (secondary N) is 3. The summed E-state index contributed by atoms with van der Waals surface area (Å²) >= 11 is 2.77. The van der Waals surface area contributed by atoms with E-state index in [0.717, 1.165) is 18.0 Å². The number of carboxylic acid groups (broad SMARTS) is 3. The van der Waals surface area contributed by atoms with Gasteiger partial charge in [0, 0.05) is 96.8 Å². The molecule has 4 aromatic rings. The fourth-order valence-corrected chi connectivity index (χ4v) is 21.9. The van der Waals surface area contributed by atoms with Gasteiger partial charge in [0.2, 0.25) is 29.5 Å². The van der Waals surface area contributed by atoms with Crippen LogP contribution in [-0.4, -0.2) is 276 Å². The molecule has 0 radical (unpaired) electrons. The average Bonchev–Trinajstić information content (AvgIpc) is 1.54. The zero-order chi connectivity index (χ0) is 90.6. The van der Waals surface area contributed by atoms with E-state index in [0.29, 0.717) is 24.2 Å². The van der Waals surface area contributed by atoms with E-state index in [1.54, 1.807) is 121 Å². The molecule has 10 aliphatic rings. The van der Waals surface area contributed by atoms with Gasteiger partial charge in [-0.25, -0.2) is 22.8 Å². The van der Waals surface area contributed by atoms with Crippen LogP contribution in [0.3, 0.4) is 0 Å². The number of hydrogen-bond acceptors (Lipinski definition) is 29. The van der Waals surface area contributed by atoms with Crippen molar-refractivity contribution in [3.63, 3.8) is 0 Å². The Morgan fingerprint density at radius 1 is 0.680 bits per heavy atom. The van der Waals surface area contributed by atoms with Crippen molar-refractivity contribution in [2.75, 3.05) is 45.7 Å². The van der Waals surface area contributed by atoms with Crippen LogP contribution in [0.15, 0.2) is 102 Å². The number of phenols is 3. The van der Waals surface area contributed by atoms with Crippen LogP contribution in [0.1, 0.15) is 141 Å². The molecule has 10 heterocycles. The lowest BCUT2D eigenvalue weighted by Crippen LogP contribution is -2.71. The van der Waals surface area contributed by atoms with E-state index in [1.807, 2.05) is 19.2 Å². The van der Waals surface area contributed by atoms with Crippen molar-refractivity contribution >= 4 is 121 Å². The van der Waals surface area contributed by atoms with E-state index < -0.39 is 196 Å². The van der Waals surface area contributed by atoms with Crippen molar-refractivity contribution in [1.29, 1.82) is 0 Å². The number of aliphatic carboxylic acids is 3. The van der Waals surface area contributed by atoms with E-state index in [-0.39, 0.29) is 73.5 Å². The molecular weight excluding hydrogens is 1650 g/mol. The third-order valence-corrected chi connectivity index (χ3v) is 29.8. The number of aliphatic hydroxyl groups is 2. The van der Waals surface area contributed by atoms with E-state index in [1.165, 1.54) is 107 Å². The van der Waals surface area contributed by atoms with Gasteiger partial charge in [-0.05, 0) is 79.6 Å². The number of phenolic OH excluding ortho intramolecular Hbond substituents is 3. The van der Waals surface area contributed by atoms with E-state index in [4.69, 9.17) is 35.5 Å². The Hall–Kier alpha value is -10.4. The minimum absolute atomic E-state index is 0.0559. The number of fused-ring (bicyclic) bond motifs is 17. The molecule has 39 heteroatoms. The third kappa shape index (κ3) is 17.8. The van der Waals surface area contributed by atoms with Gasteiger partial charge in [-0.15, -0.1) is 23.5 Å². The molecule has 662 valence electrons. The fourth-order valence-electron chi connectivity index (χ4n) is 16.6. The zero-order valence-corrected chi connectivity index (χ0v) is 72.7. The number of hydrogen-bond donors (Lipinski definition) is 13. The van der Waals surface area contributed by atoms with Crippen LogP contribution in [0.2, 0.25) is 0 Å². The number of amides is 6. The topological polar surface area (TPSA) is 537 Å². The number of ether oxygens (including phenoxy) is 4. The summed E-state index contributed by atoms with van der Waals surface area (Å²) in [6, 6.07) is 11.5. The largest absolute Gasteiger partial charge is 0.507 e. The second-order valence-electron chi connectivity index (χ2n) is 33.4. The number of nitrogens with two attached hydrogens (primary N) is 2. The molecule has 5 bridgehead atoms. The van der Waals surface area contributed by atoms with Crippen molar-refractivity contribution in [2.45, 2.75) is 206 Å². The second kappa shape index (κ2) is 36.2. The minimum Gasteiger partial charge on any atom is -0.507 e. The summed E-state index contributed by atoms with van der Waals surface area (Å²) in [6.07, 6.45) is 4.77. The molecule has 15 N–H and O–H groups in total. The molecule has 4 aromatic carbocycles. The number of esters is 1. The maximum absolute atomic E-state index is 14.4. The molecule has 19 atom stereocenters.